The molecule has 2 heterocycles. The molecule has 0 spiro atoms. The van der Waals surface area contributed by atoms with E-state index in [0.29, 0.717) is 35.2 Å². The van der Waals surface area contributed by atoms with Crippen LogP contribution in [0.5, 0.6) is 5.75 Å². The number of ether oxygens (including phenoxy) is 1. The average molecular weight is 379 g/mol. The van der Waals surface area contributed by atoms with Crippen LogP contribution in [0.1, 0.15) is 33.7 Å². The van der Waals surface area contributed by atoms with Crippen molar-refractivity contribution in [3.8, 4) is 28.3 Å². The molecule has 0 atom stereocenters. The van der Waals surface area contributed by atoms with E-state index in [1.54, 1.807) is 12.3 Å². The molecule has 3 rings (SSSR count). The smallest absolute Gasteiger partial charge is 0.267 e. The van der Waals surface area contributed by atoms with E-state index < -0.39 is 0 Å². The number of hydrogen-bond donors (Lipinski definition) is 1. The number of nitrogens with two attached hydrogens (primary N) is 1. The Morgan fingerprint density at radius 1 is 1.07 bits per heavy atom. The van der Waals surface area contributed by atoms with Gasteiger partial charge in [-0.2, -0.15) is 5.10 Å². The van der Waals surface area contributed by atoms with E-state index in [-0.39, 0.29) is 17.5 Å². The first-order valence-corrected chi connectivity index (χ1v) is 9.31. The maximum absolute atomic E-state index is 12.1. The summed E-state index contributed by atoms with van der Waals surface area (Å²) in [5, 5.41) is 4.50. The van der Waals surface area contributed by atoms with Crippen LogP contribution in [-0.2, 0) is 0 Å². The summed E-state index contributed by atoms with van der Waals surface area (Å²) in [6, 6.07) is 10.8. The van der Waals surface area contributed by atoms with Crippen molar-refractivity contribution in [1.29, 1.82) is 0 Å². The van der Waals surface area contributed by atoms with Crippen LogP contribution in [-0.4, -0.2) is 26.4 Å². The Morgan fingerprint density at radius 3 is 2.54 bits per heavy atom. The van der Waals surface area contributed by atoms with Gasteiger partial charge in [-0.1, -0.05) is 26.0 Å². The minimum absolute atomic E-state index is 0.0627. The molecule has 0 aliphatic rings. The van der Waals surface area contributed by atoms with Crippen LogP contribution in [0.2, 0.25) is 0 Å². The van der Waals surface area contributed by atoms with Crippen LogP contribution in [0.25, 0.3) is 22.5 Å². The summed E-state index contributed by atoms with van der Waals surface area (Å²) in [7, 11) is 0. The highest BCUT2D eigenvalue weighted by molar-refractivity contribution is 5.81. The lowest BCUT2D eigenvalue weighted by molar-refractivity contribution is 0.272. The SMILES string of the molecule is CC(C)COc1ccccc1-c1nc(N)ncc1-c1ccc(=O)n(C(C)C)n1. The lowest BCUT2D eigenvalue weighted by Gasteiger charge is -2.16. The molecule has 0 saturated carbocycles. The van der Waals surface area contributed by atoms with Gasteiger partial charge in [-0.25, -0.2) is 14.6 Å². The summed E-state index contributed by atoms with van der Waals surface area (Å²) in [5.41, 5.74) is 8.43. The van der Waals surface area contributed by atoms with Gasteiger partial charge in [0, 0.05) is 23.4 Å². The number of rotatable bonds is 6. The van der Waals surface area contributed by atoms with Crippen molar-refractivity contribution in [2.75, 3.05) is 12.3 Å². The second-order valence-electron chi connectivity index (χ2n) is 7.29. The molecule has 1 aromatic carbocycles. The Hall–Kier alpha value is -3.22. The Morgan fingerprint density at radius 2 is 1.82 bits per heavy atom. The van der Waals surface area contributed by atoms with Crippen molar-refractivity contribution in [2.24, 2.45) is 5.92 Å². The number of anilines is 1. The predicted molar refractivity (Wildman–Crippen MR) is 110 cm³/mol. The molecular formula is C21H25N5O2. The third-order valence-electron chi connectivity index (χ3n) is 4.11. The Balaban J connectivity index is 2.16. The predicted octanol–water partition coefficient (Wildman–Crippen LogP) is 3.57. The van der Waals surface area contributed by atoms with E-state index in [0.717, 1.165) is 5.56 Å². The molecule has 0 aliphatic heterocycles. The molecule has 2 N–H and O–H groups in total. The van der Waals surface area contributed by atoms with E-state index in [1.165, 1.54) is 10.7 Å². The Labute approximate surface area is 164 Å². The van der Waals surface area contributed by atoms with Crippen LogP contribution in [0.3, 0.4) is 0 Å². The van der Waals surface area contributed by atoms with Gasteiger partial charge in [-0.15, -0.1) is 0 Å². The van der Waals surface area contributed by atoms with Crippen molar-refractivity contribution >= 4 is 5.95 Å². The number of hydrogen-bond acceptors (Lipinski definition) is 6. The fourth-order valence-corrected chi connectivity index (χ4v) is 2.77. The van der Waals surface area contributed by atoms with Crippen molar-refractivity contribution in [3.05, 3.63) is 52.9 Å². The van der Waals surface area contributed by atoms with Crippen molar-refractivity contribution in [3.63, 3.8) is 0 Å². The molecule has 2 aromatic heterocycles. The highest BCUT2D eigenvalue weighted by Crippen LogP contribution is 2.35. The van der Waals surface area contributed by atoms with Gasteiger partial charge in [0.1, 0.15) is 5.75 Å². The van der Waals surface area contributed by atoms with Crippen LogP contribution in [0.4, 0.5) is 5.95 Å². The zero-order valence-electron chi connectivity index (χ0n) is 16.6. The van der Waals surface area contributed by atoms with Crippen LogP contribution in [0, 0.1) is 5.92 Å². The number of nitrogen functional groups attached to an aromatic ring is 1. The fraction of sp³-hybridized carbons (Fsp3) is 0.333. The van der Waals surface area contributed by atoms with Crippen LogP contribution in [0.15, 0.2) is 47.4 Å². The van der Waals surface area contributed by atoms with Crippen LogP contribution >= 0.6 is 0 Å². The average Bonchev–Trinajstić information content (AvgIpc) is 2.67. The monoisotopic (exact) mass is 379 g/mol. The van der Waals surface area contributed by atoms with Crippen molar-refractivity contribution < 1.29 is 4.74 Å². The molecule has 146 valence electrons. The molecule has 0 amide bonds. The third kappa shape index (κ3) is 4.19. The first-order chi connectivity index (χ1) is 13.4. The van der Waals surface area contributed by atoms with Gasteiger partial charge in [0.05, 0.1) is 24.0 Å². The Kier molecular flexibility index (Phi) is 5.73. The summed E-state index contributed by atoms with van der Waals surface area (Å²) in [6.45, 7) is 8.59. The van der Waals surface area contributed by atoms with Gasteiger partial charge < -0.3 is 10.5 Å². The second-order valence-corrected chi connectivity index (χ2v) is 7.29. The quantitative estimate of drug-likeness (QED) is 0.703. The lowest BCUT2D eigenvalue weighted by Crippen LogP contribution is -2.24. The molecule has 0 aliphatic carbocycles. The van der Waals surface area contributed by atoms with E-state index in [1.807, 2.05) is 38.1 Å². The molecule has 28 heavy (non-hydrogen) atoms. The summed E-state index contributed by atoms with van der Waals surface area (Å²) >= 11 is 0. The van der Waals surface area contributed by atoms with E-state index in [2.05, 4.69) is 28.9 Å². The normalized spacial score (nSPS) is 11.2. The lowest BCUT2D eigenvalue weighted by atomic mass is 10.0. The maximum atomic E-state index is 12.1. The first kappa shape index (κ1) is 19.5. The fourth-order valence-electron chi connectivity index (χ4n) is 2.77. The molecule has 3 aromatic rings. The summed E-state index contributed by atoms with van der Waals surface area (Å²) in [5.74, 6) is 1.27. The first-order valence-electron chi connectivity index (χ1n) is 9.31. The largest absolute Gasteiger partial charge is 0.493 e. The van der Waals surface area contributed by atoms with Gasteiger partial charge >= 0.3 is 0 Å². The van der Waals surface area contributed by atoms with E-state index >= 15 is 0 Å². The van der Waals surface area contributed by atoms with Gasteiger partial charge in [-0.3, -0.25) is 4.79 Å². The molecule has 0 fully saturated rings. The van der Waals surface area contributed by atoms with E-state index in [9.17, 15) is 4.79 Å². The number of nitrogens with zero attached hydrogens (tertiary/aromatic N) is 4. The van der Waals surface area contributed by atoms with Gasteiger partial charge in [-0.05, 0) is 38.0 Å². The molecule has 0 unspecified atom stereocenters. The zero-order chi connectivity index (χ0) is 20.3. The minimum Gasteiger partial charge on any atom is -0.493 e. The number of para-hydroxylation sites is 1. The van der Waals surface area contributed by atoms with Gasteiger partial charge in [0.15, 0.2) is 0 Å². The second kappa shape index (κ2) is 8.21. The molecule has 0 saturated heterocycles. The molecular weight excluding hydrogens is 354 g/mol. The topological polar surface area (TPSA) is 95.9 Å². The molecule has 7 nitrogen and oxygen atoms in total. The third-order valence-corrected chi connectivity index (χ3v) is 4.11. The highest BCUT2D eigenvalue weighted by atomic mass is 16.5. The summed E-state index contributed by atoms with van der Waals surface area (Å²) in [4.78, 5) is 20.7. The van der Waals surface area contributed by atoms with Gasteiger partial charge in [0.25, 0.3) is 5.56 Å². The molecule has 0 radical (unpaired) electrons. The standard InChI is InChI=1S/C21H25N5O2/c1-13(2)12-28-18-8-6-5-7-15(18)20-16(11-23-21(22)24-20)17-9-10-19(27)26(25-17)14(3)4/h5-11,13-14H,12H2,1-4H3,(H2,22,23,24). The van der Waals surface area contributed by atoms with Crippen LogP contribution < -0.4 is 16.0 Å². The van der Waals surface area contributed by atoms with Crippen molar-refractivity contribution in [1.82, 2.24) is 19.7 Å². The highest BCUT2D eigenvalue weighted by Gasteiger charge is 2.17. The minimum atomic E-state index is -0.155. The molecule has 7 heteroatoms. The maximum Gasteiger partial charge on any atom is 0.267 e. The molecule has 0 bridgehead atoms. The Bertz CT molecular complexity index is 1030. The number of aromatic nitrogens is 4. The van der Waals surface area contributed by atoms with Crippen molar-refractivity contribution in [2.45, 2.75) is 33.7 Å². The summed E-state index contributed by atoms with van der Waals surface area (Å²) in [6.07, 6.45) is 1.63. The van der Waals surface area contributed by atoms with Gasteiger partial charge in [0.2, 0.25) is 5.95 Å². The number of benzene rings is 1. The zero-order valence-corrected chi connectivity index (χ0v) is 16.6. The van der Waals surface area contributed by atoms with E-state index in [4.69, 9.17) is 10.5 Å². The summed E-state index contributed by atoms with van der Waals surface area (Å²) < 4.78 is 7.43.